The molecule has 0 saturated heterocycles. The number of hydrogen-bond acceptors (Lipinski definition) is 17. The van der Waals surface area contributed by atoms with E-state index in [1.807, 2.05) is 36.4 Å². The Morgan fingerprint density at radius 2 is 1.54 bits per heavy atom. The molecule has 0 bridgehead atoms. The van der Waals surface area contributed by atoms with E-state index in [9.17, 15) is 43.8 Å². The van der Waals surface area contributed by atoms with Crippen LogP contribution in [0.25, 0.3) is 43.7 Å². The van der Waals surface area contributed by atoms with E-state index in [1.165, 1.54) is 39.9 Å². The van der Waals surface area contributed by atoms with Gasteiger partial charge in [-0.2, -0.15) is 4.98 Å². The molecule has 26 heteroatoms. The predicted octanol–water partition coefficient (Wildman–Crippen LogP) is 7.86. The number of carboxylic acid groups (broad SMARTS) is 2. The Morgan fingerprint density at radius 1 is 0.805 bits per heavy atom. The number of aliphatic carboxylic acids is 2. The van der Waals surface area contributed by atoms with Crippen LogP contribution in [0.15, 0.2) is 120 Å². The Kier molecular flexibility index (Phi) is 17.2. The molecule has 420 valence electrons. The molecule has 1 aliphatic rings. The number of nitrogens with one attached hydrogen (secondary N) is 7. The summed E-state index contributed by atoms with van der Waals surface area (Å²) in [6, 6.07) is 29.4. The van der Waals surface area contributed by atoms with Crippen LogP contribution < -0.4 is 42.2 Å². The van der Waals surface area contributed by atoms with Gasteiger partial charge in [0.25, 0.3) is 23.3 Å². The zero-order valence-corrected chi connectivity index (χ0v) is 45.6. The van der Waals surface area contributed by atoms with Crippen LogP contribution in [0.4, 0.5) is 27.8 Å². The normalized spacial score (nSPS) is 13.7. The number of aromatic nitrogens is 6. The molecule has 3 amide bonds. The lowest BCUT2D eigenvalue weighted by atomic mass is 9.95. The van der Waals surface area contributed by atoms with E-state index in [2.05, 4.69) is 51.2 Å². The number of anilines is 4. The van der Waals surface area contributed by atoms with E-state index in [0.717, 1.165) is 21.9 Å². The number of halogens is 1. The summed E-state index contributed by atoms with van der Waals surface area (Å²) in [5.74, 6) is -3.13. The number of carbonyl (C=O) groups is 6. The third kappa shape index (κ3) is 12.9. The van der Waals surface area contributed by atoms with Crippen LogP contribution in [0.1, 0.15) is 61.4 Å². The standard InChI is InChI=1S/C56H51ClN12O11S2/c57-24-32-27-69(52(73)42-22-31-20-34(15-16-39(31)65-42)63-50(71)41-21-30-6-1-4-9-38(30)64-41)44-23-45(36-7-2-3-8-37(36)46(32)44)80-56(78)79-18-19-81-82-28-43(54(76)77)59-17-5-10-40(53(74)75)66-49(70)29-11-13-33(14-12-29)60-25-35-26-61-48-47(62-35)51(72)68-55(58)67-48/h1-4,6-9,11-16,20-23,26,32,40,43,59-60,64-65H,5,10,17-19,24-25,27-28H2,(H,63,71)(H,66,70)(H,74,75)(H,76,77)(H3,58,61,67,68,72)/t32?,40-,43-/m1/s1. The molecular weight excluding hydrogens is 1120 g/mol. The molecule has 11 N–H and O–H groups in total. The first kappa shape index (κ1) is 56.1. The lowest BCUT2D eigenvalue weighted by molar-refractivity contribution is -0.140. The minimum absolute atomic E-state index is 0.0169. The fourth-order valence-electron chi connectivity index (χ4n) is 9.42. The molecule has 0 saturated carbocycles. The summed E-state index contributed by atoms with van der Waals surface area (Å²) >= 11 is 6.54. The first-order chi connectivity index (χ1) is 39.7. The highest BCUT2D eigenvalue weighted by molar-refractivity contribution is 8.76. The van der Waals surface area contributed by atoms with Crippen molar-refractivity contribution in [2.45, 2.75) is 37.4 Å². The van der Waals surface area contributed by atoms with Crippen LogP contribution in [0, 0.1) is 0 Å². The minimum atomic E-state index is -1.25. The minimum Gasteiger partial charge on any atom is -0.480 e. The van der Waals surface area contributed by atoms with E-state index >= 15 is 0 Å². The summed E-state index contributed by atoms with van der Waals surface area (Å²) in [6.45, 7) is 0.539. The first-order valence-electron chi connectivity index (χ1n) is 25.6. The van der Waals surface area contributed by atoms with Gasteiger partial charge in [0.1, 0.15) is 35.8 Å². The quantitative estimate of drug-likeness (QED) is 0.00957. The van der Waals surface area contributed by atoms with Gasteiger partial charge in [-0.1, -0.05) is 64.1 Å². The Labute approximate surface area is 477 Å². The fourth-order valence-corrected chi connectivity index (χ4v) is 11.7. The summed E-state index contributed by atoms with van der Waals surface area (Å²) in [5.41, 5.74) is 10.6. The predicted molar refractivity (Wildman–Crippen MR) is 314 cm³/mol. The highest BCUT2D eigenvalue weighted by Gasteiger charge is 2.36. The smallest absolute Gasteiger partial charge is 0.480 e. The number of alkyl halides is 1. The van der Waals surface area contributed by atoms with Crippen molar-refractivity contribution in [1.82, 2.24) is 40.5 Å². The second-order valence-corrected chi connectivity index (χ2v) is 21.8. The fraction of sp³-hybridized carbons (Fsp3) is 0.214. The highest BCUT2D eigenvalue weighted by Crippen LogP contribution is 2.46. The van der Waals surface area contributed by atoms with Gasteiger partial charge in [-0.05, 0) is 91.0 Å². The monoisotopic (exact) mass is 1170 g/mol. The number of ether oxygens (including phenoxy) is 2. The number of benzene rings is 5. The molecule has 82 heavy (non-hydrogen) atoms. The third-order valence-electron chi connectivity index (χ3n) is 13.4. The average Bonchev–Trinajstić information content (AvgIpc) is 2.50. The van der Waals surface area contributed by atoms with E-state index < -0.39 is 41.6 Å². The number of carboxylic acids is 2. The molecule has 3 atom stereocenters. The zero-order valence-electron chi connectivity index (χ0n) is 43.2. The maximum absolute atomic E-state index is 14.4. The molecular formula is C56H51ClN12O11S2. The SMILES string of the molecule is Nc1nc2ncc(CNc3ccc(C(=O)N[C@H](CCCN[C@H](CSSCCOC(=O)Oc4cc5c(c6ccccc46)C(CCl)CN5C(=O)c4cc5cc(NC(=O)c6cc7ccccc7[nH]6)ccc5[nH]4)C(=O)O)C(=O)O)cc3)nc2c(=O)[nH]1. The maximum atomic E-state index is 14.4. The van der Waals surface area contributed by atoms with Crippen molar-refractivity contribution < 1.29 is 48.5 Å². The molecule has 23 nitrogen and oxygen atoms in total. The van der Waals surface area contributed by atoms with E-state index in [1.54, 1.807) is 65.6 Å². The van der Waals surface area contributed by atoms with Crippen molar-refractivity contribution in [2.24, 2.45) is 0 Å². The first-order valence-corrected chi connectivity index (χ1v) is 28.6. The van der Waals surface area contributed by atoms with Crippen LogP contribution in [0.3, 0.4) is 0 Å². The van der Waals surface area contributed by atoms with Gasteiger partial charge < -0.3 is 61.6 Å². The van der Waals surface area contributed by atoms with Crippen LogP contribution in [-0.4, -0.2) is 125 Å². The second kappa shape index (κ2) is 25.1. The van der Waals surface area contributed by atoms with Gasteiger partial charge in [0.05, 0.1) is 24.1 Å². The van der Waals surface area contributed by atoms with Crippen LogP contribution in [0.5, 0.6) is 5.75 Å². The van der Waals surface area contributed by atoms with Gasteiger partial charge in [-0.15, -0.1) is 11.6 Å². The number of nitrogens with two attached hydrogens (primary N) is 1. The average molecular weight is 1170 g/mol. The van der Waals surface area contributed by atoms with E-state index in [0.29, 0.717) is 50.4 Å². The van der Waals surface area contributed by atoms with Crippen molar-refractivity contribution in [3.05, 3.63) is 154 Å². The summed E-state index contributed by atoms with van der Waals surface area (Å²) in [4.78, 5) is 113. The number of aromatic amines is 3. The molecule has 1 unspecified atom stereocenters. The molecule has 5 aromatic carbocycles. The number of hydrogen-bond donors (Lipinski definition) is 10. The number of carbonyl (C=O) groups excluding carboxylic acids is 4. The zero-order chi connectivity index (χ0) is 57.4. The maximum Gasteiger partial charge on any atom is 0.513 e. The molecule has 5 heterocycles. The van der Waals surface area contributed by atoms with Crippen molar-refractivity contribution in [1.29, 1.82) is 0 Å². The Bertz CT molecular complexity index is 3960. The van der Waals surface area contributed by atoms with Gasteiger partial charge in [0.2, 0.25) is 5.95 Å². The molecule has 10 rings (SSSR count). The number of H-pyrrole nitrogens is 3. The van der Waals surface area contributed by atoms with Gasteiger partial charge in [0, 0.05) is 80.0 Å². The molecule has 9 aromatic rings. The number of rotatable bonds is 23. The number of para-hydroxylation sites is 1. The molecule has 0 aliphatic carbocycles. The Hall–Kier alpha value is -9.17. The third-order valence-corrected chi connectivity index (χ3v) is 16.2. The topological polar surface area (TPSA) is 342 Å². The van der Waals surface area contributed by atoms with Gasteiger partial charge in [0.15, 0.2) is 11.2 Å². The van der Waals surface area contributed by atoms with Crippen molar-refractivity contribution in [3.63, 3.8) is 0 Å². The van der Waals surface area contributed by atoms with Crippen LogP contribution in [-0.2, 0) is 20.9 Å². The lowest BCUT2D eigenvalue weighted by Gasteiger charge is -2.18. The number of nitrogens with zero attached hydrogens (tertiary/aromatic N) is 4. The highest BCUT2D eigenvalue weighted by atomic mass is 35.5. The lowest BCUT2D eigenvalue weighted by Crippen LogP contribution is -2.42. The van der Waals surface area contributed by atoms with E-state index in [-0.39, 0.29) is 103 Å². The van der Waals surface area contributed by atoms with Crippen LogP contribution in [0.2, 0.25) is 0 Å². The number of fused-ring (bicyclic) bond motifs is 6. The van der Waals surface area contributed by atoms with Crippen molar-refractivity contribution >= 4 is 136 Å². The van der Waals surface area contributed by atoms with Gasteiger partial charge >= 0.3 is 18.1 Å². The number of nitrogen functional groups attached to an aromatic ring is 1. The van der Waals surface area contributed by atoms with E-state index in [4.69, 9.17) is 26.8 Å². The van der Waals surface area contributed by atoms with Gasteiger partial charge in [-0.3, -0.25) is 29.0 Å². The molecule has 0 spiro atoms. The summed E-state index contributed by atoms with van der Waals surface area (Å²) in [7, 11) is 2.52. The largest absolute Gasteiger partial charge is 0.513 e. The van der Waals surface area contributed by atoms with Crippen molar-refractivity contribution in [2.75, 3.05) is 58.3 Å². The number of amides is 3. The molecule has 0 radical (unpaired) electrons. The summed E-state index contributed by atoms with van der Waals surface area (Å²) in [5, 5.41) is 34.2. The Morgan fingerprint density at radius 3 is 2.32 bits per heavy atom. The molecule has 0 fully saturated rings. The molecule has 1 aliphatic heterocycles. The van der Waals surface area contributed by atoms with Gasteiger partial charge in [-0.25, -0.2) is 19.6 Å². The summed E-state index contributed by atoms with van der Waals surface area (Å²) < 4.78 is 11.2. The van der Waals surface area contributed by atoms with Crippen LogP contribution >= 0.6 is 33.2 Å². The second-order valence-electron chi connectivity index (χ2n) is 18.9. The summed E-state index contributed by atoms with van der Waals surface area (Å²) in [6.07, 6.45) is 0.718. The Balaban J connectivity index is 0.670. The van der Waals surface area contributed by atoms with Crippen molar-refractivity contribution in [3.8, 4) is 5.75 Å². The molecule has 4 aromatic heterocycles.